The topological polar surface area (TPSA) is 135 Å². The van der Waals surface area contributed by atoms with Crippen molar-refractivity contribution in [2.24, 2.45) is 23.0 Å². The molecule has 0 bridgehead atoms. The molecule has 0 aromatic carbocycles. The predicted octanol–water partition coefficient (Wildman–Crippen LogP) is 3.41. The third-order valence-electron chi connectivity index (χ3n) is 8.03. The average Bonchev–Trinajstić information content (AvgIpc) is 3.31. The van der Waals surface area contributed by atoms with Crippen LogP contribution in [0.4, 0.5) is 0 Å². The number of hydrogen-bond donors (Lipinski definition) is 3. The van der Waals surface area contributed by atoms with Crippen molar-refractivity contribution in [1.82, 2.24) is 4.98 Å². The van der Waals surface area contributed by atoms with Gasteiger partial charge in [0.1, 0.15) is 18.0 Å². The average molecular weight is 523 g/mol. The lowest BCUT2D eigenvalue weighted by molar-refractivity contribution is -0.155. The number of carbonyl (C=O) groups is 2. The van der Waals surface area contributed by atoms with Crippen molar-refractivity contribution in [3.8, 4) is 0 Å². The van der Waals surface area contributed by atoms with E-state index >= 15 is 0 Å². The molecule has 2 aliphatic heterocycles. The van der Waals surface area contributed by atoms with E-state index in [1.54, 1.807) is 20.8 Å². The Hall–Kier alpha value is -1.65. The van der Waals surface area contributed by atoms with Gasteiger partial charge < -0.3 is 25.4 Å². The number of ketones is 1. The van der Waals surface area contributed by atoms with Crippen LogP contribution in [-0.2, 0) is 19.1 Å². The maximum Gasteiger partial charge on any atom is 0.309 e. The molecule has 4 N–H and O–H groups in total. The van der Waals surface area contributed by atoms with E-state index in [1.165, 1.54) is 11.3 Å². The van der Waals surface area contributed by atoms with E-state index in [0.29, 0.717) is 0 Å². The molecular formula is C27H42N2O6S. The molecule has 0 amide bonds. The summed E-state index contributed by atoms with van der Waals surface area (Å²) in [6, 6.07) is -0.613. The van der Waals surface area contributed by atoms with Crippen molar-refractivity contribution in [3.63, 3.8) is 0 Å². The van der Waals surface area contributed by atoms with Gasteiger partial charge in [0.05, 0.1) is 46.4 Å². The first-order valence-electron chi connectivity index (χ1n) is 12.8. The van der Waals surface area contributed by atoms with Crippen LogP contribution in [-0.4, -0.2) is 63.0 Å². The zero-order valence-electron chi connectivity index (χ0n) is 22.5. The van der Waals surface area contributed by atoms with Crippen LogP contribution in [0.3, 0.4) is 0 Å². The Bertz CT molecular complexity index is 991. The van der Waals surface area contributed by atoms with Gasteiger partial charge in [-0.2, -0.15) is 0 Å². The number of rotatable bonds is 2. The zero-order valence-corrected chi connectivity index (χ0v) is 23.3. The highest BCUT2D eigenvalue weighted by atomic mass is 32.1. The number of aryl methyl sites for hydroxylation is 1. The molecule has 202 valence electrons. The summed E-state index contributed by atoms with van der Waals surface area (Å²) in [6.45, 7) is 12.6. The van der Waals surface area contributed by atoms with Crippen LogP contribution in [0.5, 0.6) is 0 Å². The van der Waals surface area contributed by atoms with Crippen molar-refractivity contribution in [1.29, 1.82) is 0 Å². The highest BCUT2D eigenvalue weighted by Crippen LogP contribution is 2.44. The molecule has 2 saturated heterocycles. The number of hydrogen-bond acceptors (Lipinski definition) is 9. The molecule has 0 aliphatic carbocycles. The molecule has 0 saturated carbocycles. The van der Waals surface area contributed by atoms with Gasteiger partial charge in [0, 0.05) is 11.3 Å². The minimum atomic E-state index is -1.28. The maximum atomic E-state index is 13.2. The van der Waals surface area contributed by atoms with Gasteiger partial charge in [-0.1, -0.05) is 34.1 Å². The Morgan fingerprint density at radius 3 is 2.53 bits per heavy atom. The van der Waals surface area contributed by atoms with E-state index in [-0.39, 0.29) is 24.2 Å². The third-order valence-corrected chi connectivity index (χ3v) is 8.82. The number of aliphatic hydroxyl groups is 2. The number of cyclic esters (lactones) is 1. The maximum absolute atomic E-state index is 13.2. The second-order valence-electron chi connectivity index (χ2n) is 11.5. The first-order chi connectivity index (χ1) is 16.7. The highest BCUT2D eigenvalue weighted by molar-refractivity contribution is 7.09. The lowest BCUT2D eigenvalue weighted by Gasteiger charge is -2.34. The van der Waals surface area contributed by atoms with E-state index < -0.39 is 47.3 Å². The van der Waals surface area contributed by atoms with Crippen molar-refractivity contribution < 1.29 is 29.3 Å². The number of nitrogens with two attached hydrogens (primary N) is 1. The summed E-state index contributed by atoms with van der Waals surface area (Å²) in [6.07, 6.45) is 0.548. The van der Waals surface area contributed by atoms with Crippen molar-refractivity contribution in [2.45, 2.75) is 110 Å². The molecule has 8 atom stereocenters. The van der Waals surface area contributed by atoms with Gasteiger partial charge in [-0.05, 0) is 51.2 Å². The van der Waals surface area contributed by atoms with E-state index in [2.05, 4.69) is 4.98 Å². The number of esters is 1. The summed E-state index contributed by atoms with van der Waals surface area (Å²) in [5.74, 6) is -1.72. The number of aliphatic hydroxyl groups excluding tert-OH is 2. The van der Waals surface area contributed by atoms with Gasteiger partial charge in [-0.25, -0.2) is 4.98 Å². The third kappa shape index (κ3) is 6.25. The van der Waals surface area contributed by atoms with Crippen LogP contribution >= 0.6 is 11.3 Å². The Balaban J connectivity index is 1.91. The van der Waals surface area contributed by atoms with Gasteiger partial charge in [0.2, 0.25) is 0 Å². The van der Waals surface area contributed by atoms with Crippen LogP contribution in [0.15, 0.2) is 11.0 Å². The van der Waals surface area contributed by atoms with Gasteiger partial charge in [0.15, 0.2) is 0 Å². The summed E-state index contributed by atoms with van der Waals surface area (Å²) in [5, 5.41) is 24.6. The number of carbonyl (C=O) groups excluding carboxylic acids is 2. The molecule has 1 aromatic heterocycles. The SMILES string of the molecule is CC(=Cc1csc(C)n1)C1OC(=O)CC(O)C(C)(C)C(=O)C(C)C(O)C(C)CCCC2(C)OC2C1N. The molecular weight excluding hydrogens is 480 g/mol. The molecule has 0 spiro atoms. The number of epoxide rings is 1. The first-order valence-corrected chi connectivity index (χ1v) is 13.7. The summed E-state index contributed by atoms with van der Waals surface area (Å²) < 4.78 is 11.9. The Morgan fingerprint density at radius 2 is 1.92 bits per heavy atom. The van der Waals surface area contributed by atoms with Crippen molar-refractivity contribution in [2.75, 3.05) is 0 Å². The highest BCUT2D eigenvalue weighted by Gasteiger charge is 2.57. The van der Waals surface area contributed by atoms with Crippen LogP contribution < -0.4 is 5.73 Å². The van der Waals surface area contributed by atoms with Crippen LogP contribution in [0, 0.1) is 24.2 Å². The van der Waals surface area contributed by atoms with Crippen LogP contribution in [0.2, 0.25) is 0 Å². The minimum Gasteiger partial charge on any atom is -0.456 e. The molecule has 3 rings (SSSR count). The lowest BCUT2D eigenvalue weighted by atomic mass is 9.73. The smallest absolute Gasteiger partial charge is 0.309 e. The Kier molecular flexibility index (Phi) is 8.83. The Labute approximate surface area is 218 Å². The largest absolute Gasteiger partial charge is 0.456 e. The number of Topliss-reactive ketones (excluding diaryl/α,β-unsaturated/α-hetero) is 1. The number of nitrogens with zero attached hydrogens (tertiary/aromatic N) is 1. The van der Waals surface area contributed by atoms with Gasteiger partial charge in [-0.3, -0.25) is 9.59 Å². The van der Waals surface area contributed by atoms with Gasteiger partial charge in [-0.15, -0.1) is 11.3 Å². The normalized spacial score (nSPS) is 38.8. The summed E-state index contributed by atoms with van der Waals surface area (Å²) >= 11 is 1.53. The molecule has 2 aliphatic rings. The first kappa shape index (κ1) is 28.9. The number of thiazole rings is 1. The van der Waals surface area contributed by atoms with E-state index in [0.717, 1.165) is 35.5 Å². The fraction of sp³-hybridized carbons (Fsp3) is 0.741. The molecule has 8 unspecified atom stereocenters. The minimum absolute atomic E-state index is 0.108. The van der Waals surface area contributed by atoms with Crippen molar-refractivity contribution in [3.05, 3.63) is 21.7 Å². The monoisotopic (exact) mass is 522 g/mol. The molecule has 1 aromatic rings. The van der Waals surface area contributed by atoms with Gasteiger partial charge >= 0.3 is 5.97 Å². The lowest BCUT2D eigenvalue weighted by Crippen LogP contribution is -2.47. The molecule has 2 fully saturated rings. The molecule has 3 heterocycles. The fourth-order valence-electron chi connectivity index (χ4n) is 5.29. The summed E-state index contributed by atoms with van der Waals surface area (Å²) in [5.41, 5.74) is 6.44. The molecule has 0 radical (unpaired) electrons. The van der Waals surface area contributed by atoms with Crippen molar-refractivity contribution >= 4 is 29.2 Å². The van der Waals surface area contributed by atoms with E-state index in [1.807, 2.05) is 39.2 Å². The van der Waals surface area contributed by atoms with E-state index in [9.17, 15) is 19.8 Å². The summed E-state index contributed by atoms with van der Waals surface area (Å²) in [7, 11) is 0. The standard InChI is InChI=1S/C27H42N2O6S/c1-14-9-8-10-27(7)25(35-27)21(28)23(15(2)11-18-13-36-17(4)29-18)34-20(31)12-19(30)26(5,6)24(33)16(3)22(14)32/h11,13-14,16,19,21-23,25,30,32H,8-10,12,28H2,1-7H3. The predicted molar refractivity (Wildman–Crippen MR) is 139 cm³/mol. The van der Waals surface area contributed by atoms with Crippen LogP contribution in [0.1, 0.15) is 77.9 Å². The number of fused-ring (bicyclic) bond motifs is 1. The van der Waals surface area contributed by atoms with Gasteiger partial charge in [0.25, 0.3) is 0 Å². The quantitative estimate of drug-likeness (QED) is 0.397. The van der Waals surface area contributed by atoms with Crippen LogP contribution in [0.25, 0.3) is 6.08 Å². The summed E-state index contributed by atoms with van der Waals surface area (Å²) in [4.78, 5) is 30.7. The number of ether oxygens (including phenoxy) is 2. The molecule has 8 nitrogen and oxygen atoms in total. The second-order valence-corrected chi connectivity index (χ2v) is 12.5. The number of aromatic nitrogens is 1. The second kappa shape index (κ2) is 11.0. The molecule has 9 heteroatoms. The zero-order chi connectivity index (χ0) is 27.0. The van der Waals surface area contributed by atoms with E-state index in [4.69, 9.17) is 15.2 Å². The fourth-order valence-corrected chi connectivity index (χ4v) is 5.86. The Morgan fingerprint density at radius 1 is 1.25 bits per heavy atom. The molecule has 36 heavy (non-hydrogen) atoms.